The Hall–Kier alpha value is -1.65. The maximum atomic E-state index is 11.0. The number of aliphatic hydroxyl groups is 1. The number of hydrogen-bond donors (Lipinski definition) is 2. The smallest absolute Gasteiger partial charge is 0.335 e. The van der Waals surface area contributed by atoms with Crippen LogP contribution < -0.4 is 0 Å². The number of carbonyl (C=O) groups is 1. The normalized spacial score (nSPS) is 12.1. The number of rotatable bonds is 9. The van der Waals surface area contributed by atoms with E-state index in [2.05, 4.69) is 28.1 Å². The average molecular weight is 391 g/mol. The molecule has 0 heterocycles. The Balaban J connectivity index is 2.15. The first-order chi connectivity index (χ1) is 11.6. The first-order valence-corrected chi connectivity index (χ1v) is 9.10. The molecule has 0 aromatic heterocycles. The molecule has 2 N–H and O–H groups in total. The Morgan fingerprint density at radius 1 is 0.875 bits per heavy atom. The standard InChI is InChI=1S/C20H23BrO3/c21-18-12-10-16(11-13-18)19(5-3-1-2-4-14-22)15-6-8-17(9-7-15)20(23)24/h6-13,19,22H,1-5,14H2,(H,23,24)/t19-/m1/s1. The third kappa shape index (κ3) is 5.46. The summed E-state index contributed by atoms with van der Waals surface area (Å²) in [5.74, 6) is -0.638. The van der Waals surface area contributed by atoms with Gasteiger partial charge in [0, 0.05) is 17.0 Å². The Kier molecular flexibility index (Phi) is 7.47. The van der Waals surface area contributed by atoms with Gasteiger partial charge in [-0.3, -0.25) is 0 Å². The van der Waals surface area contributed by atoms with Gasteiger partial charge in [0.05, 0.1) is 5.56 Å². The van der Waals surface area contributed by atoms with Gasteiger partial charge in [-0.15, -0.1) is 0 Å². The number of aliphatic hydroxyl groups excluding tert-OH is 1. The molecule has 0 saturated heterocycles. The molecule has 128 valence electrons. The van der Waals surface area contributed by atoms with Gasteiger partial charge in [0.2, 0.25) is 0 Å². The van der Waals surface area contributed by atoms with Crippen LogP contribution in [-0.4, -0.2) is 22.8 Å². The maximum Gasteiger partial charge on any atom is 0.335 e. The highest BCUT2D eigenvalue weighted by molar-refractivity contribution is 9.10. The molecule has 3 nitrogen and oxygen atoms in total. The van der Waals surface area contributed by atoms with E-state index in [1.807, 2.05) is 24.3 Å². The summed E-state index contributed by atoms with van der Waals surface area (Å²) >= 11 is 3.47. The van der Waals surface area contributed by atoms with Crippen molar-refractivity contribution in [1.29, 1.82) is 0 Å². The Bertz CT molecular complexity index is 635. The molecule has 2 aromatic carbocycles. The molecule has 2 aromatic rings. The predicted molar refractivity (Wildman–Crippen MR) is 99.6 cm³/mol. The van der Waals surface area contributed by atoms with Crippen molar-refractivity contribution in [1.82, 2.24) is 0 Å². The van der Waals surface area contributed by atoms with E-state index in [0.717, 1.165) is 42.1 Å². The summed E-state index contributed by atoms with van der Waals surface area (Å²) in [4.78, 5) is 11.0. The van der Waals surface area contributed by atoms with E-state index in [-0.39, 0.29) is 12.5 Å². The molecule has 0 aliphatic heterocycles. The number of carboxylic acids is 1. The van der Waals surface area contributed by atoms with Crippen molar-refractivity contribution >= 4 is 21.9 Å². The van der Waals surface area contributed by atoms with Crippen molar-refractivity contribution < 1.29 is 15.0 Å². The van der Waals surface area contributed by atoms with Gasteiger partial charge >= 0.3 is 5.97 Å². The molecule has 0 radical (unpaired) electrons. The van der Waals surface area contributed by atoms with Crippen LogP contribution in [0.5, 0.6) is 0 Å². The van der Waals surface area contributed by atoms with Crippen LogP contribution in [0.1, 0.15) is 59.5 Å². The van der Waals surface area contributed by atoms with Crippen molar-refractivity contribution in [3.05, 3.63) is 69.7 Å². The summed E-state index contributed by atoms with van der Waals surface area (Å²) in [5.41, 5.74) is 2.70. The van der Waals surface area contributed by atoms with Crippen LogP contribution in [-0.2, 0) is 0 Å². The Labute approximate surface area is 151 Å². The van der Waals surface area contributed by atoms with Crippen molar-refractivity contribution in [2.45, 2.75) is 38.0 Å². The van der Waals surface area contributed by atoms with Crippen LogP contribution in [0, 0.1) is 0 Å². The Morgan fingerprint density at radius 2 is 1.42 bits per heavy atom. The third-order valence-corrected chi connectivity index (χ3v) is 4.76. The van der Waals surface area contributed by atoms with Gasteiger partial charge in [-0.05, 0) is 48.2 Å². The number of aromatic carboxylic acids is 1. The highest BCUT2D eigenvalue weighted by Gasteiger charge is 2.15. The minimum Gasteiger partial charge on any atom is -0.478 e. The molecule has 0 fully saturated rings. The molecule has 0 aliphatic carbocycles. The number of unbranched alkanes of at least 4 members (excludes halogenated alkanes) is 3. The summed E-state index contributed by atoms with van der Waals surface area (Å²) < 4.78 is 1.05. The lowest BCUT2D eigenvalue weighted by Gasteiger charge is -2.18. The largest absolute Gasteiger partial charge is 0.478 e. The van der Waals surface area contributed by atoms with Crippen molar-refractivity contribution in [2.75, 3.05) is 6.61 Å². The molecule has 0 amide bonds. The van der Waals surface area contributed by atoms with Gasteiger partial charge in [-0.2, -0.15) is 0 Å². The molecule has 0 bridgehead atoms. The van der Waals surface area contributed by atoms with Gasteiger partial charge in [-0.1, -0.05) is 59.5 Å². The molecular weight excluding hydrogens is 368 g/mol. The minimum atomic E-state index is -0.897. The van der Waals surface area contributed by atoms with Crippen molar-refractivity contribution in [3.8, 4) is 0 Å². The molecule has 0 spiro atoms. The van der Waals surface area contributed by atoms with E-state index in [4.69, 9.17) is 10.2 Å². The number of halogens is 1. The minimum absolute atomic E-state index is 0.257. The summed E-state index contributed by atoms with van der Waals surface area (Å²) in [6.07, 6.45) is 5.10. The van der Waals surface area contributed by atoms with Gasteiger partial charge in [0.15, 0.2) is 0 Å². The second kappa shape index (κ2) is 9.60. The van der Waals surface area contributed by atoms with E-state index in [9.17, 15) is 4.79 Å². The zero-order valence-electron chi connectivity index (χ0n) is 13.6. The second-order valence-corrected chi connectivity index (χ2v) is 6.87. The summed E-state index contributed by atoms with van der Waals surface area (Å²) in [5, 5.41) is 17.9. The van der Waals surface area contributed by atoms with Crippen LogP contribution in [0.25, 0.3) is 0 Å². The molecule has 4 heteroatoms. The van der Waals surface area contributed by atoms with Gasteiger partial charge in [0.1, 0.15) is 0 Å². The van der Waals surface area contributed by atoms with Crippen LogP contribution >= 0.6 is 15.9 Å². The van der Waals surface area contributed by atoms with Crippen LogP contribution in [0.2, 0.25) is 0 Å². The highest BCUT2D eigenvalue weighted by Crippen LogP contribution is 2.31. The molecule has 0 saturated carbocycles. The van der Waals surface area contributed by atoms with E-state index in [1.54, 1.807) is 12.1 Å². The summed E-state index contributed by atoms with van der Waals surface area (Å²) in [7, 11) is 0. The molecule has 0 unspecified atom stereocenters. The van der Waals surface area contributed by atoms with Crippen molar-refractivity contribution in [3.63, 3.8) is 0 Å². The molecule has 24 heavy (non-hydrogen) atoms. The first kappa shape index (κ1) is 18.7. The van der Waals surface area contributed by atoms with Crippen molar-refractivity contribution in [2.24, 2.45) is 0 Å². The molecule has 2 rings (SSSR count). The fraction of sp³-hybridized carbons (Fsp3) is 0.350. The van der Waals surface area contributed by atoms with E-state index in [1.165, 1.54) is 5.56 Å². The zero-order chi connectivity index (χ0) is 17.4. The maximum absolute atomic E-state index is 11.0. The number of hydrogen-bond acceptors (Lipinski definition) is 2. The summed E-state index contributed by atoms with van der Waals surface area (Å²) in [6, 6.07) is 15.5. The van der Waals surface area contributed by atoms with Gasteiger partial charge in [0.25, 0.3) is 0 Å². The average Bonchev–Trinajstić information content (AvgIpc) is 2.59. The SMILES string of the molecule is O=C(O)c1ccc([C@@H](CCCCCCO)c2ccc(Br)cc2)cc1. The zero-order valence-corrected chi connectivity index (χ0v) is 15.2. The van der Waals surface area contributed by atoms with Crippen LogP contribution in [0.3, 0.4) is 0 Å². The lowest BCUT2D eigenvalue weighted by atomic mass is 9.86. The fourth-order valence-corrected chi connectivity index (χ4v) is 3.16. The first-order valence-electron chi connectivity index (χ1n) is 8.31. The van der Waals surface area contributed by atoms with E-state index in [0.29, 0.717) is 5.56 Å². The monoisotopic (exact) mass is 390 g/mol. The molecule has 0 aliphatic rings. The number of carboxylic acid groups (broad SMARTS) is 1. The lowest BCUT2D eigenvalue weighted by Crippen LogP contribution is -2.03. The highest BCUT2D eigenvalue weighted by atomic mass is 79.9. The van der Waals surface area contributed by atoms with E-state index < -0.39 is 5.97 Å². The summed E-state index contributed by atoms with van der Waals surface area (Å²) in [6.45, 7) is 0.257. The van der Waals surface area contributed by atoms with Gasteiger partial charge < -0.3 is 10.2 Å². The topological polar surface area (TPSA) is 57.5 Å². The lowest BCUT2D eigenvalue weighted by molar-refractivity contribution is 0.0697. The Morgan fingerprint density at radius 3 is 1.96 bits per heavy atom. The van der Waals surface area contributed by atoms with Crippen LogP contribution in [0.4, 0.5) is 0 Å². The predicted octanol–water partition coefficient (Wildman–Crippen LogP) is 5.22. The third-order valence-electron chi connectivity index (χ3n) is 4.23. The second-order valence-electron chi connectivity index (χ2n) is 5.96. The molecular formula is C20H23BrO3. The van der Waals surface area contributed by atoms with Crippen LogP contribution in [0.15, 0.2) is 53.0 Å². The van der Waals surface area contributed by atoms with Gasteiger partial charge in [-0.25, -0.2) is 4.79 Å². The molecule has 1 atom stereocenters. The van der Waals surface area contributed by atoms with E-state index >= 15 is 0 Å². The quantitative estimate of drug-likeness (QED) is 0.576. The number of benzene rings is 2. The fourth-order valence-electron chi connectivity index (χ4n) is 2.89.